The summed E-state index contributed by atoms with van der Waals surface area (Å²) in [7, 11) is 0. The van der Waals surface area contributed by atoms with Crippen molar-refractivity contribution in [3.05, 3.63) is 29.3 Å². The zero-order chi connectivity index (χ0) is 13.0. The number of rotatable bonds is 6. The van der Waals surface area contributed by atoms with E-state index >= 15 is 0 Å². The Labute approximate surface area is 111 Å². The third kappa shape index (κ3) is 3.09. The van der Waals surface area contributed by atoms with Gasteiger partial charge in [-0.05, 0) is 12.6 Å². The average molecular weight is 270 g/mol. The smallest absolute Gasteiger partial charge is 0.231 e. The fourth-order valence-electron chi connectivity index (χ4n) is 1.65. The van der Waals surface area contributed by atoms with Crippen molar-refractivity contribution in [2.75, 3.05) is 19.9 Å². The van der Waals surface area contributed by atoms with Crippen molar-refractivity contribution in [1.82, 2.24) is 5.32 Å². The van der Waals surface area contributed by atoms with Crippen LogP contribution >= 0.6 is 11.6 Å². The van der Waals surface area contributed by atoms with Crippen molar-refractivity contribution in [3.8, 4) is 17.2 Å². The van der Waals surface area contributed by atoms with Crippen molar-refractivity contribution in [2.24, 2.45) is 0 Å². The van der Waals surface area contributed by atoms with Crippen molar-refractivity contribution in [1.29, 1.82) is 0 Å². The van der Waals surface area contributed by atoms with Gasteiger partial charge in [0.1, 0.15) is 12.4 Å². The molecule has 1 aliphatic heterocycles. The lowest BCUT2D eigenvalue weighted by Gasteiger charge is -2.12. The molecule has 0 amide bonds. The summed E-state index contributed by atoms with van der Waals surface area (Å²) in [5.74, 6) is 2.19. The first-order valence-electron chi connectivity index (χ1n) is 5.80. The minimum absolute atomic E-state index is 0.252. The van der Waals surface area contributed by atoms with E-state index in [9.17, 15) is 0 Å². The van der Waals surface area contributed by atoms with E-state index in [-0.39, 0.29) is 13.4 Å². The molecule has 0 bridgehead atoms. The molecule has 0 spiro atoms. The number of hydrogen-bond donors (Lipinski definition) is 1. The number of nitrogens with one attached hydrogen (secondary N) is 1. The Morgan fingerprint density at radius 3 is 2.83 bits per heavy atom. The lowest BCUT2D eigenvalue weighted by molar-refractivity contribution is 0.174. The SMILES string of the molecule is C=C(Cl)COc1cc2c(cc1CNCC)OCO2. The average Bonchev–Trinajstić information content (AvgIpc) is 2.79. The van der Waals surface area contributed by atoms with Crippen LogP contribution in [0.25, 0.3) is 0 Å². The molecule has 0 saturated heterocycles. The van der Waals surface area contributed by atoms with E-state index in [0.29, 0.717) is 17.3 Å². The van der Waals surface area contributed by atoms with Gasteiger partial charge in [0.2, 0.25) is 6.79 Å². The van der Waals surface area contributed by atoms with Crippen LogP contribution in [0, 0.1) is 0 Å². The molecule has 1 heterocycles. The monoisotopic (exact) mass is 269 g/mol. The zero-order valence-electron chi connectivity index (χ0n) is 10.3. The number of fused-ring (bicyclic) bond motifs is 1. The Morgan fingerprint density at radius 1 is 1.44 bits per heavy atom. The van der Waals surface area contributed by atoms with Crippen molar-refractivity contribution in [2.45, 2.75) is 13.5 Å². The summed E-state index contributed by atoms with van der Waals surface area (Å²) in [6.07, 6.45) is 0. The van der Waals surface area contributed by atoms with Gasteiger partial charge in [-0.2, -0.15) is 0 Å². The summed E-state index contributed by atoms with van der Waals surface area (Å²) in [5, 5.41) is 3.71. The standard InChI is InChI=1S/C13H16ClNO3/c1-3-15-6-10-4-12-13(18-8-17-12)5-11(10)16-7-9(2)14/h4-5,15H,2-3,6-8H2,1H3. The molecule has 5 heteroatoms. The normalized spacial score (nSPS) is 12.6. The van der Waals surface area contributed by atoms with Crippen molar-refractivity contribution in [3.63, 3.8) is 0 Å². The molecular weight excluding hydrogens is 254 g/mol. The van der Waals surface area contributed by atoms with Crippen molar-refractivity contribution < 1.29 is 14.2 Å². The molecule has 1 N–H and O–H groups in total. The van der Waals surface area contributed by atoms with Crippen LogP contribution in [0.3, 0.4) is 0 Å². The fraction of sp³-hybridized carbons (Fsp3) is 0.385. The lowest BCUT2D eigenvalue weighted by atomic mass is 10.1. The highest BCUT2D eigenvalue weighted by atomic mass is 35.5. The summed E-state index contributed by atoms with van der Waals surface area (Å²) in [6.45, 7) is 7.77. The van der Waals surface area contributed by atoms with Gasteiger partial charge >= 0.3 is 0 Å². The van der Waals surface area contributed by atoms with Crippen LogP contribution < -0.4 is 19.5 Å². The molecular formula is C13H16ClNO3. The van der Waals surface area contributed by atoms with E-state index in [1.54, 1.807) is 0 Å². The highest BCUT2D eigenvalue weighted by molar-refractivity contribution is 6.29. The quantitative estimate of drug-likeness (QED) is 0.862. The van der Waals surface area contributed by atoms with E-state index < -0.39 is 0 Å². The Morgan fingerprint density at radius 2 is 2.17 bits per heavy atom. The molecule has 2 rings (SSSR count). The first-order chi connectivity index (χ1) is 8.70. The summed E-state index contributed by atoms with van der Waals surface area (Å²) in [4.78, 5) is 0. The van der Waals surface area contributed by atoms with Gasteiger partial charge in [-0.15, -0.1) is 0 Å². The van der Waals surface area contributed by atoms with Crippen LogP contribution in [0.4, 0.5) is 0 Å². The predicted octanol–water partition coefficient (Wildman–Crippen LogP) is 2.66. The number of halogens is 1. The second-order valence-electron chi connectivity index (χ2n) is 3.90. The minimum Gasteiger partial charge on any atom is -0.488 e. The number of benzene rings is 1. The summed E-state index contributed by atoms with van der Waals surface area (Å²) in [5.41, 5.74) is 1.01. The molecule has 0 fully saturated rings. The van der Waals surface area contributed by atoms with Crippen LogP contribution in [0.5, 0.6) is 17.2 Å². The van der Waals surface area contributed by atoms with Crippen LogP contribution in [-0.4, -0.2) is 19.9 Å². The highest BCUT2D eigenvalue weighted by Gasteiger charge is 2.17. The van der Waals surface area contributed by atoms with Crippen molar-refractivity contribution >= 4 is 11.6 Å². The molecule has 0 saturated carbocycles. The summed E-state index contributed by atoms with van der Waals surface area (Å²) < 4.78 is 16.3. The van der Waals surface area contributed by atoms with Gasteiger partial charge in [-0.1, -0.05) is 25.1 Å². The van der Waals surface area contributed by atoms with Crippen LogP contribution in [0.15, 0.2) is 23.7 Å². The molecule has 0 aliphatic carbocycles. The van der Waals surface area contributed by atoms with E-state index in [1.807, 2.05) is 19.1 Å². The number of ether oxygens (including phenoxy) is 3. The highest BCUT2D eigenvalue weighted by Crippen LogP contribution is 2.38. The second-order valence-corrected chi connectivity index (χ2v) is 4.43. The maximum absolute atomic E-state index is 5.71. The van der Waals surface area contributed by atoms with Crippen LogP contribution in [0.1, 0.15) is 12.5 Å². The van der Waals surface area contributed by atoms with Gasteiger partial charge in [0.05, 0.1) is 0 Å². The molecule has 1 aliphatic rings. The van der Waals surface area contributed by atoms with E-state index in [1.165, 1.54) is 0 Å². The third-order valence-electron chi connectivity index (χ3n) is 2.51. The van der Waals surface area contributed by atoms with Gasteiger partial charge < -0.3 is 19.5 Å². The van der Waals surface area contributed by atoms with Gasteiger partial charge in [-0.3, -0.25) is 0 Å². The molecule has 98 valence electrons. The Balaban J connectivity index is 2.20. The first kappa shape index (κ1) is 13.1. The van der Waals surface area contributed by atoms with E-state index in [0.717, 1.165) is 23.6 Å². The van der Waals surface area contributed by atoms with Crippen LogP contribution in [-0.2, 0) is 6.54 Å². The maximum atomic E-state index is 5.71. The molecule has 1 aromatic carbocycles. The molecule has 4 nitrogen and oxygen atoms in total. The predicted molar refractivity (Wildman–Crippen MR) is 70.4 cm³/mol. The summed E-state index contributed by atoms with van der Waals surface area (Å²) >= 11 is 5.71. The second kappa shape index (κ2) is 5.98. The van der Waals surface area contributed by atoms with E-state index in [2.05, 4.69) is 11.9 Å². The third-order valence-corrected chi connectivity index (χ3v) is 2.61. The number of hydrogen-bond acceptors (Lipinski definition) is 4. The molecule has 0 unspecified atom stereocenters. The van der Waals surface area contributed by atoms with Gasteiger partial charge in [0.25, 0.3) is 0 Å². The Kier molecular flexibility index (Phi) is 4.33. The lowest BCUT2D eigenvalue weighted by Crippen LogP contribution is -2.13. The molecule has 1 aromatic rings. The maximum Gasteiger partial charge on any atom is 0.231 e. The summed E-state index contributed by atoms with van der Waals surface area (Å²) in [6, 6.07) is 3.76. The molecule has 0 radical (unpaired) electrons. The topological polar surface area (TPSA) is 39.7 Å². The first-order valence-corrected chi connectivity index (χ1v) is 6.17. The van der Waals surface area contributed by atoms with Gasteiger partial charge in [0.15, 0.2) is 11.5 Å². The minimum atomic E-state index is 0.252. The van der Waals surface area contributed by atoms with E-state index in [4.69, 9.17) is 25.8 Å². The van der Waals surface area contributed by atoms with Gasteiger partial charge in [0, 0.05) is 23.2 Å². The van der Waals surface area contributed by atoms with Crippen LogP contribution in [0.2, 0.25) is 0 Å². The Hall–Kier alpha value is -1.39. The fourth-order valence-corrected chi connectivity index (χ4v) is 1.71. The zero-order valence-corrected chi connectivity index (χ0v) is 11.0. The Bertz CT molecular complexity index is 448. The molecule has 18 heavy (non-hydrogen) atoms. The van der Waals surface area contributed by atoms with Gasteiger partial charge in [-0.25, -0.2) is 0 Å². The largest absolute Gasteiger partial charge is 0.488 e. The molecule has 0 atom stereocenters. The molecule has 0 aromatic heterocycles.